The minimum Gasteiger partial charge on any atom is -0.457 e. The van der Waals surface area contributed by atoms with Crippen molar-refractivity contribution >= 4 is 17.3 Å². The highest BCUT2D eigenvalue weighted by atomic mass is 16.6. The van der Waals surface area contributed by atoms with Crippen LogP contribution in [-0.2, 0) is 11.3 Å². The summed E-state index contributed by atoms with van der Waals surface area (Å²) in [6, 6.07) is 13.5. The van der Waals surface area contributed by atoms with E-state index in [-0.39, 0.29) is 23.8 Å². The molecule has 0 fully saturated rings. The summed E-state index contributed by atoms with van der Waals surface area (Å²) in [7, 11) is 0. The molecule has 8 nitrogen and oxygen atoms in total. The number of para-hydroxylation sites is 1. The van der Waals surface area contributed by atoms with Crippen molar-refractivity contribution < 1.29 is 14.5 Å². The number of aromatic nitrogens is 2. The molecule has 3 rings (SSSR count). The van der Waals surface area contributed by atoms with E-state index in [1.807, 2.05) is 45.0 Å². The SMILES string of the molecule is Cc1cc(C)n(CCC(=O)Nc2cc(Oc3ccccc3C)cc([N+](=O)[O-])c2)n1. The van der Waals surface area contributed by atoms with Crippen LogP contribution in [0.5, 0.6) is 11.5 Å². The number of hydrogen-bond donors (Lipinski definition) is 1. The molecule has 150 valence electrons. The average Bonchev–Trinajstić information content (AvgIpc) is 2.99. The van der Waals surface area contributed by atoms with E-state index in [1.165, 1.54) is 12.1 Å². The van der Waals surface area contributed by atoms with Gasteiger partial charge in [-0.3, -0.25) is 19.6 Å². The molecule has 2 aromatic carbocycles. The highest BCUT2D eigenvalue weighted by molar-refractivity contribution is 5.91. The molecule has 0 saturated carbocycles. The number of anilines is 1. The largest absolute Gasteiger partial charge is 0.457 e. The standard InChI is InChI=1S/C21H22N4O4/c1-14-6-4-5-7-20(14)29-19-12-17(11-18(13-19)25(27)28)22-21(26)8-9-24-16(3)10-15(2)23-24/h4-7,10-13H,8-9H2,1-3H3,(H,22,26). The van der Waals surface area contributed by atoms with Gasteiger partial charge in [0.2, 0.25) is 5.91 Å². The zero-order chi connectivity index (χ0) is 21.0. The Hall–Kier alpha value is -3.68. The van der Waals surface area contributed by atoms with Crippen molar-refractivity contribution in [3.8, 4) is 11.5 Å². The second-order valence-electron chi connectivity index (χ2n) is 6.79. The first-order valence-electron chi connectivity index (χ1n) is 9.15. The number of ether oxygens (including phenoxy) is 1. The van der Waals surface area contributed by atoms with E-state index in [9.17, 15) is 14.9 Å². The van der Waals surface area contributed by atoms with Crippen LogP contribution in [0.3, 0.4) is 0 Å². The number of rotatable bonds is 7. The Labute approximate surface area is 168 Å². The lowest BCUT2D eigenvalue weighted by Gasteiger charge is -2.11. The minimum atomic E-state index is -0.518. The second-order valence-corrected chi connectivity index (χ2v) is 6.79. The van der Waals surface area contributed by atoms with Gasteiger partial charge in [-0.1, -0.05) is 18.2 Å². The number of benzene rings is 2. The van der Waals surface area contributed by atoms with Gasteiger partial charge in [0.05, 0.1) is 22.4 Å². The Balaban J connectivity index is 1.74. The number of carbonyl (C=O) groups excluding carboxylic acids is 1. The summed E-state index contributed by atoms with van der Waals surface area (Å²) in [5.74, 6) is 0.608. The summed E-state index contributed by atoms with van der Waals surface area (Å²) in [6.07, 6.45) is 0.193. The van der Waals surface area contributed by atoms with Gasteiger partial charge in [0.1, 0.15) is 11.5 Å². The predicted octanol–water partition coefficient (Wildman–Crippen LogP) is 4.54. The van der Waals surface area contributed by atoms with Crippen LogP contribution in [0.2, 0.25) is 0 Å². The molecular formula is C21H22N4O4. The van der Waals surface area contributed by atoms with Crippen LogP contribution in [0.15, 0.2) is 48.5 Å². The number of aryl methyl sites for hydroxylation is 4. The van der Waals surface area contributed by atoms with Crippen LogP contribution < -0.4 is 10.1 Å². The number of nitrogens with zero attached hydrogens (tertiary/aromatic N) is 3. The molecule has 0 aliphatic carbocycles. The number of nitro benzene ring substituents is 1. The lowest BCUT2D eigenvalue weighted by molar-refractivity contribution is -0.384. The summed E-state index contributed by atoms with van der Waals surface area (Å²) < 4.78 is 7.56. The molecule has 1 heterocycles. The maximum Gasteiger partial charge on any atom is 0.275 e. The molecule has 0 saturated heterocycles. The van der Waals surface area contributed by atoms with Crippen molar-refractivity contribution in [2.75, 3.05) is 5.32 Å². The van der Waals surface area contributed by atoms with Gasteiger partial charge in [-0.05, 0) is 38.5 Å². The molecule has 1 amide bonds. The topological polar surface area (TPSA) is 99.3 Å². The zero-order valence-electron chi connectivity index (χ0n) is 16.5. The van der Waals surface area contributed by atoms with Gasteiger partial charge in [-0.2, -0.15) is 5.10 Å². The molecule has 0 aliphatic heterocycles. The molecule has 0 unspecified atom stereocenters. The summed E-state index contributed by atoms with van der Waals surface area (Å²) >= 11 is 0. The maximum absolute atomic E-state index is 12.3. The molecule has 1 aromatic heterocycles. The molecule has 0 spiro atoms. The third-order valence-corrected chi connectivity index (χ3v) is 4.36. The molecule has 1 N–H and O–H groups in total. The number of nitro groups is 1. The number of carbonyl (C=O) groups is 1. The van der Waals surface area contributed by atoms with Crippen molar-refractivity contribution in [1.82, 2.24) is 9.78 Å². The fourth-order valence-corrected chi connectivity index (χ4v) is 2.95. The van der Waals surface area contributed by atoms with Crippen molar-refractivity contribution in [1.29, 1.82) is 0 Å². The smallest absolute Gasteiger partial charge is 0.275 e. The van der Waals surface area contributed by atoms with Gasteiger partial charge in [-0.25, -0.2) is 0 Å². The van der Waals surface area contributed by atoms with Crippen LogP contribution in [-0.4, -0.2) is 20.6 Å². The Kier molecular flexibility index (Phi) is 5.92. The van der Waals surface area contributed by atoms with Crippen LogP contribution in [0.25, 0.3) is 0 Å². The van der Waals surface area contributed by atoms with Gasteiger partial charge >= 0.3 is 0 Å². The number of hydrogen-bond acceptors (Lipinski definition) is 5. The highest BCUT2D eigenvalue weighted by Gasteiger charge is 2.14. The van der Waals surface area contributed by atoms with E-state index in [1.54, 1.807) is 16.8 Å². The van der Waals surface area contributed by atoms with Crippen LogP contribution in [0, 0.1) is 30.9 Å². The van der Waals surface area contributed by atoms with E-state index in [4.69, 9.17) is 4.74 Å². The first-order valence-corrected chi connectivity index (χ1v) is 9.15. The van der Waals surface area contributed by atoms with E-state index in [0.29, 0.717) is 18.0 Å². The molecule has 0 bridgehead atoms. The Morgan fingerprint density at radius 2 is 1.93 bits per heavy atom. The van der Waals surface area contributed by atoms with E-state index >= 15 is 0 Å². The number of nitrogens with one attached hydrogen (secondary N) is 1. The van der Waals surface area contributed by atoms with Crippen LogP contribution >= 0.6 is 0 Å². The van der Waals surface area contributed by atoms with Crippen molar-refractivity contribution in [2.45, 2.75) is 33.7 Å². The van der Waals surface area contributed by atoms with E-state index < -0.39 is 4.92 Å². The lowest BCUT2D eigenvalue weighted by atomic mass is 10.2. The molecular weight excluding hydrogens is 372 g/mol. The second kappa shape index (κ2) is 8.55. The van der Waals surface area contributed by atoms with Crippen molar-refractivity contribution in [2.24, 2.45) is 0 Å². The Morgan fingerprint density at radius 1 is 1.17 bits per heavy atom. The average molecular weight is 394 g/mol. The monoisotopic (exact) mass is 394 g/mol. The summed E-state index contributed by atoms with van der Waals surface area (Å²) in [5.41, 5.74) is 2.90. The van der Waals surface area contributed by atoms with Gasteiger partial charge < -0.3 is 10.1 Å². The van der Waals surface area contributed by atoms with Gasteiger partial charge in [0.25, 0.3) is 5.69 Å². The normalized spacial score (nSPS) is 10.6. The molecule has 8 heteroatoms. The summed E-state index contributed by atoms with van der Waals surface area (Å²) in [5, 5.41) is 18.3. The predicted molar refractivity (Wildman–Crippen MR) is 109 cm³/mol. The zero-order valence-corrected chi connectivity index (χ0v) is 16.5. The molecule has 3 aromatic rings. The third-order valence-electron chi connectivity index (χ3n) is 4.36. The molecule has 0 aliphatic rings. The fourth-order valence-electron chi connectivity index (χ4n) is 2.95. The van der Waals surface area contributed by atoms with Gasteiger partial charge in [-0.15, -0.1) is 0 Å². The van der Waals surface area contributed by atoms with E-state index in [0.717, 1.165) is 17.0 Å². The summed E-state index contributed by atoms with van der Waals surface area (Å²) in [6.45, 7) is 6.12. The summed E-state index contributed by atoms with van der Waals surface area (Å²) in [4.78, 5) is 23.1. The molecule has 0 atom stereocenters. The van der Waals surface area contributed by atoms with E-state index in [2.05, 4.69) is 10.4 Å². The first-order chi connectivity index (χ1) is 13.8. The maximum atomic E-state index is 12.3. The van der Waals surface area contributed by atoms with Crippen LogP contribution in [0.1, 0.15) is 23.4 Å². The first kappa shape index (κ1) is 20.1. The molecule has 0 radical (unpaired) electrons. The van der Waals surface area contributed by atoms with Gasteiger partial charge in [0.15, 0.2) is 0 Å². The van der Waals surface area contributed by atoms with Crippen LogP contribution in [0.4, 0.5) is 11.4 Å². The third kappa shape index (κ3) is 5.19. The quantitative estimate of drug-likeness (QED) is 0.468. The van der Waals surface area contributed by atoms with Crippen molar-refractivity contribution in [3.05, 3.63) is 75.6 Å². The van der Waals surface area contributed by atoms with Crippen molar-refractivity contribution in [3.63, 3.8) is 0 Å². The Bertz CT molecular complexity index is 1060. The lowest BCUT2D eigenvalue weighted by Crippen LogP contribution is -2.15. The Morgan fingerprint density at radius 3 is 2.59 bits per heavy atom. The fraction of sp³-hybridized carbons (Fsp3) is 0.238. The highest BCUT2D eigenvalue weighted by Crippen LogP contribution is 2.31. The number of amides is 1. The number of non-ortho nitro benzene ring substituents is 1. The molecule has 29 heavy (non-hydrogen) atoms. The minimum absolute atomic E-state index is 0.162. The van der Waals surface area contributed by atoms with Gasteiger partial charge in [0, 0.05) is 30.8 Å².